The van der Waals surface area contributed by atoms with E-state index in [4.69, 9.17) is 18.9 Å². The standard InChI is InChI=1S/C38H54O6/c1-5-9-11-13-15-19-23-41-34(39)27-43-37-31-21-17-18-22-32(31)38(36-30(8-4)25-29(7-3)26-33(36)37)44-28-35(40)42-24-20-16-14-12-10-6-2/h17-18,21-22,25-26H,5-16,19-20,23-24,27-28H2,1-4H3. The van der Waals surface area contributed by atoms with Crippen LogP contribution in [0, 0.1) is 0 Å². The van der Waals surface area contributed by atoms with Crippen molar-refractivity contribution in [2.24, 2.45) is 0 Å². The molecule has 3 rings (SSSR count). The highest BCUT2D eigenvalue weighted by Crippen LogP contribution is 2.45. The number of carbonyl (C=O) groups excluding carboxylic acids is 2. The highest BCUT2D eigenvalue weighted by Gasteiger charge is 2.21. The van der Waals surface area contributed by atoms with Gasteiger partial charge in [-0.1, -0.05) is 122 Å². The fourth-order valence-corrected chi connectivity index (χ4v) is 5.64. The first-order chi connectivity index (χ1) is 21.5. The smallest absolute Gasteiger partial charge is 0.344 e. The Bertz CT molecular complexity index is 1310. The summed E-state index contributed by atoms with van der Waals surface area (Å²) in [6, 6.07) is 12.1. The first-order valence-electron chi connectivity index (χ1n) is 17.1. The second-order valence-corrected chi connectivity index (χ2v) is 11.6. The molecule has 0 aliphatic carbocycles. The van der Waals surface area contributed by atoms with E-state index in [1.807, 2.05) is 24.3 Å². The van der Waals surface area contributed by atoms with E-state index in [0.29, 0.717) is 24.7 Å². The molecule has 3 aromatic carbocycles. The van der Waals surface area contributed by atoms with Crippen LogP contribution in [0.5, 0.6) is 11.5 Å². The zero-order valence-corrected chi connectivity index (χ0v) is 27.6. The van der Waals surface area contributed by atoms with Gasteiger partial charge in [-0.2, -0.15) is 0 Å². The molecule has 0 atom stereocenters. The van der Waals surface area contributed by atoms with Crippen LogP contribution in [0.4, 0.5) is 0 Å². The van der Waals surface area contributed by atoms with Crippen molar-refractivity contribution in [3.63, 3.8) is 0 Å². The van der Waals surface area contributed by atoms with Crippen LogP contribution in [-0.4, -0.2) is 38.4 Å². The fourth-order valence-electron chi connectivity index (χ4n) is 5.64. The minimum Gasteiger partial charge on any atom is -0.481 e. The summed E-state index contributed by atoms with van der Waals surface area (Å²) in [5.74, 6) is 0.541. The van der Waals surface area contributed by atoms with Crippen LogP contribution < -0.4 is 9.47 Å². The van der Waals surface area contributed by atoms with Crippen molar-refractivity contribution in [1.82, 2.24) is 0 Å². The van der Waals surface area contributed by atoms with Gasteiger partial charge in [0.15, 0.2) is 13.2 Å². The van der Waals surface area contributed by atoms with Crippen LogP contribution in [0.1, 0.15) is 116 Å². The van der Waals surface area contributed by atoms with Crippen molar-refractivity contribution in [2.45, 2.75) is 118 Å². The van der Waals surface area contributed by atoms with Crippen molar-refractivity contribution in [3.05, 3.63) is 47.5 Å². The Labute approximate surface area is 264 Å². The van der Waals surface area contributed by atoms with E-state index in [1.54, 1.807) is 0 Å². The van der Waals surface area contributed by atoms with Crippen molar-refractivity contribution < 1.29 is 28.5 Å². The predicted molar refractivity (Wildman–Crippen MR) is 180 cm³/mol. The Morgan fingerprint density at radius 2 is 1.07 bits per heavy atom. The lowest BCUT2D eigenvalue weighted by molar-refractivity contribution is -0.147. The molecule has 0 fully saturated rings. The molecular weight excluding hydrogens is 552 g/mol. The third-order valence-corrected chi connectivity index (χ3v) is 8.15. The Morgan fingerprint density at radius 1 is 0.568 bits per heavy atom. The number of aryl methyl sites for hydroxylation is 2. The highest BCUT2D eigenvalue weighted by molar-refractivity contribution is 6.12. The molecule has 6 nitrogen and oxygen atoms in total. The Kier molecular flexibility index (Phi) is 15.9. The summed E-state index contributed by atoms with van der Waals surface area (Å²) < 4.78 is 23.5. The molecule has 0 bridgehead atoms. The molecule has 242 valence electrons. The lowest BCUT2D eigenvalue weighted by Crippen LogP contribution is -2.17. The van der Waals surface area contributed by atoms with Crippen molar-refractivity contribution in [2.75, 3.05) is 26.4 Å². The molecule has 0 aromatic heterocycles. The number of hydrogen-bond donors (Lipinski definition) is 0. The van der Waals surface area contributed by atoms with E-state index in [9.17, 15) is 9.59 Å². The first-order valence-corrected chi connectivity index (χ1v) is 17.1. The molecule has 0 N–H and O–H groups in total. The maximum atomic E-state index is 12.7. The molecule has 0 amide bonds. The summed E-state index contributed by atoms with van der Waals surface area (Å²) in [6.45, 7) is 9.14. The molecule has 0 saturated carbocycles. The van der Waals surface area contributed by atoms with Crippen molar-refractivity contribution in [1.29, 1.82) is 0 Å². The monoisotopic (exact) mass is 606 g/mol. The first kappa shape index (κ1) is 35.2. The molecule has 6 heteroatoms. The summed E-state index contributed by atoms with van der Waals surface area (Å²) in [6.07, 6.45) is 15.2. The Hall–Kier alpha value is -3.28. The van der Waals surface area contributed by atoms with Gasteiger partial charge in [-0.25, -0.2) is 9.59 Å². The van der Waals surface area contributed by atoms with E-state index in [1.165, 1.54) is 56.9 Å². The van der Waals surface area contributed by atoms with Gasteiger partial charge in [0.25, 0.3) is 0 Å². The number of fused-ring (bicyclic) bond motifs is 2. The van der Waals surface area contributed by atoms with E-state index >= 15 is 0 Å². The van der Waals surface area contributed by atoms with E-state index in [0.717, 1.165) is 65.6 Å². The second-order valence-electron chi connectivity index (χ2n) is 11.6. The molecule has 0 unspecified atom stereocenters. The van der Waals surface area contributed by atoms with E-state index < -0.39 is 0 Å². The fraction of sp³-hybridized carbons (Fsp3) is 0.579. The summed E-state index contributed by atoms with van der Waals surface area (Å²) in [4.78, 5) is 25.3. The minimum atomic E-state index is -0.369. The lowest BCUT2D eigenvalue weighted by Gasteiger charge is -2.20. The van der Waals surface area contributed by atoms with Crippen LogP contribution in [0.15, 0.2) is 36.4 Å². The number of hydrogen-bond acceptors (Lipinski definition) is 6. The lowest BCUT2D eigenvalue weighted by atomic mass is 9.93. The summed E-state index contributed by atoms with van der Waals surface area (Å²) in [5.41, 5.74) is 2.28. The summed E-state index contributed by atoms with van der Waals surface area (Å²) in [5, 5.41) is 3.44. The predicted octanol–water partition coefficient (Wildman–Crippen LogP) is 9.68. The number of carbonyl (C=O) groups is 2. The van der Waals surface area contributed by atoms with Gasteiger partial charge in [-0.05, 0) is 42.9 Å². The number of esters is 2. The SMILES string of the molecule is CCCCCCCCOC(=O)COc1c2ccccc2c(OCC(=O)OCCCCCCCC)c2c(CC)cc(CC)cc12. The van der Waals surface area contributed by atoms with Crippen molar-refractivity contribution in [3.8, 4) is 11.5 Å². The number of rotatable bonds is 22. The molecule has 0 spiro atoms. The Balaban J connectivity index is 1.78. The average molecular weight is 607 g/mol. The van der Waals surface area contributed by atoms with Crippen LogP contribution in [0.3, 0.4) is 0 Å². The molecule has 3 aromatic rings. The number of ether oxygens (including phenoxy) is 4. The summed E-state index contributed by atoms with van der Waals surface area (Å²) in [7, 11) is 0. The second kappa shape index (κ2) is 19.9. The highest BCUT2D eigenvalue weighted by atomic mass is 16.6. The quantitative estimate of drug-likeness (QED) is 0.0644. The molecule has 0 aliphatic rings. The maximum absolute atomic E-state index is 12.7. The van der Waals surface area contributed by atoms with Crippen molar-refractivity contribution >= 4 is 33.5 Å². The topological polar surface area (TPSA) is 71.1 Å². The van der Waals surface area contributed by atoms with E-state index in [2.05, 4.69) is 39.8 Å². The Morgan fingerprint density at radius 3 is 1.59 bits per heavy atom. The van der Waals surface area contributed by atoms with Gasteiger partial charge < -0.3 is 18.9 Å². The van der Waals surface area contributed by atoms with Gasteiger partial charge in [0, 0.05) is 21.5 Å². The van der Waals surface area contributed by atoms with Gasteiger partial charge in [0.2, 0.25) is 0 Å². The number of unbranched alkanes of at least 4 members (excludes halogenated alkanes) is 10. The molecule has 0 radical (unpaired) electrons. The molecule has 0 aliphatic heterocycles. The van der Waals surface area contributed by atoms with Crippen LogP contribution in [-0.2, 0) is 31.9 Å². The minimum absolute atomic E-state index is 0.168. The third kappa shape index (κ3) is 10.7. The zero-order chi connectivity index (χ0) is 31.6. The van der Waals surface area contributed by atoms with Gasteiger partial charge in [0.05, 0.1) is 13.2 Å². The molecular formula is C38H54O6. The third-order valence-electron chi connectivity index (χ3n) is 8.15. The van der Waals surface area contributed by atoms with Crippen LogP contribution in [0.2, 0.25) is 0 Å². The van der Waals surface area contributed by atoms with Gasteiger partial charge in [-0.15, -0.1) is 0 Å². The molecule has 44 heavy (non-hydrogen) atoms. The molecule has 0 saturated heterocycles. The van der Waals surface area contributed by atoms with E-state index in [-0.39, 0.29) is 25.2 Å². The number of benzene rings is 3. The van der Waals surface area contributed by atoms with Gasteiger partial charge in [-0.3, -0.25) is 0 Å². The van der Waals surface area contributed by atoms with Crippen LogP contribution >= 0.6 is 0 Å². The normalized spacial score (nSPS) is 11.2. The zero-order valence-electron chi connectivity index (χ0n) is 27.6. The van der Waals surface area contributed by atoms with Gasteiger partial charge >= 0.3 is 11.9 Å². The van der Waals surface area contributed by atoms with Crippen LogP contribution in [0.25, 0.3) is 21.5 Å². The van der Waals surface area contributed by atoms with Gasteiger partial charge in [0.1, 0.15) is 11.5 Å². The molecule has 0 heterocycles. The maximum Gasteiger partial charge on any atom is 0.344 e. The summed E-state index contributed by atoms with van der Waals surface area (Å²) >= 11 is 0. The average Bonchev–Trinajstić information content (AvgIpc) is 3.04. The largest absolute Gasteiger partial charge is 0.481 e.